The first-order valence-electron chi connectivity index (χ1n) is 12.8. The minimum atomic E-state index is -1.18. The van der Waals surface area contributed by atoms with E-state index in [1.165, 1.54) is 6.92 Å². The van der Waals surface area contributed by atoms with E-state index in [1.807, 2.05) is 30.3 Å². The first-order chi connectivity index (χ1) is 18.7. The highest BCUT2D eigenvalue weighted by atomic mass is 16.6. The van der Waals surface area contributed by atoms with Crippen LogP contribution in [0.1, 0.15) is 43.9 Å². The van der Waals surface area contributed by atoms with Crippen molar-refractivity contribution in [3.63, 3.8) is 0 Å². The van der Waals surface area contributed by atoms with Gasteiger partial charge in [-0.25, -0.2) is 4.79 Å². The van der Waals surface area contributed by atoms with E-state index in [0.29, 0.717) is 50.1 Å². The summed E-state index contributed by atoms with van der Waals surface area (Å²) in [6, 6.07) is 14.3. The molecule has 1 fully saturated rings. The van der Waals surface area contributed by atoms with Crippen molar-refractivity contribution in [2.45, 2.75) is 45.6 Å². The van der Waals surface area contributed by atoms with Crippen LogP contribution in [0.25, 0.3) is 5.65 Å². The molecule has 0 spiro atoms. The fourth-order valence-electron chi connectivity index (χ4n) is 4.23. The summed E-state index contributed by atoms with van der Waals surface area (Å²) in [5.74, 6) is -0.341. The zero-order chi connectivity index (χ0) is 27.8. The Bertz CT molecular complexity index is 1290. The van der Waals surface area contributed by atoms with Crippen LogP contribution in [0.3, 0.4) is 0 Å². The van der Waals surface area contributed by atoms with Crippen LogP contribution in [-0.4, -0.2) is 75.9 Å². The van der Waals surface area contributed by atoms with Gasteiger partial charge in [-0.3, -0.25) is 14.0 Å². The lowest BCUT2D eigenvalue weighted by atomic mass is 10.0. The predicted octanol–water partition coefficient (Wildman–Crippen LogP) is 1.99. The molecule has 0 bridgehead atoms. The smallest absolute Gasteiger partial charge is 0.410 e. The first kappa shape index (κ1) is 28.0. The summed E-state index contributed by atoms with van der Waals surface area (Å²) in [5.41, 5.74) is 0.939. The van der Waals surface area contributed by atoms with E-state index in [1.54, 1.807) is 41.3 Å². The number of nitrogens with zero attached hydrogens (tertiary/aromatic N) is 4. The van der Waals surface area contributed by atoms with E-state index < -0.39 is 23.6 Å². The third-order valence-corrected chi connectivity index (χ3v) is 6.22. The molecule has 2 N–H and O–H groups in total. The molecule has 12 heteroatoms. The van der Waals surface area contributed by atoms with Gasteiger partial charge in [-0.2, -0.15) is 0 Å². The summed E-state index contributed by atoms with van der Waals surface area (Å²) in [7, 11) is 0. The third-order valence-electron chi connectivity index (χ3n) is 6.22. The van der Waals surface area contributed by atoms with E-state index >= 15 is 0 Å². The molecule has 1 aliphatic heterocycles. The van der Waals surface area contributed by atoms with Crippen LogP contribution < -0.4 is 10.6 Å². The maximum absolute atomic E-state index is 13.2. The second kappa shape index (κ2) is 12.7. The molecule has 3 amide bonds. The third kappa shape index (κ3) is 7.30. The fraction of sp³-hybridized carbons (Fsp3) is 0.444. The number of nitrogens with one attached hydrogen (secondary N) is 2. The molecule has 208 valence electrons. The molecule has 2 aromatic heterocycles. The standard InChI is InChI=1S/C27H34N6O6/c1-19(34)29-27(2,3)25(35)28-22(18-38-16-20-8-5-4-6-9-20)24-31-30-23-11-7-10-21(33(23)24)17-39-26(36)32-12-14-37-15-13-32/h4-11,22H,12-18H2,1-3H3,(H,28,35)(H,29,34)/t22-/m1/s1. The molecule has 0 radical (unpaired) electrons. The van der Waals surface area contributed by atoms with Crippen molar-refractivity contribution in [2.75, 3.05) is 32.9 Å². The van der Waals surface area contributed by atoms with E-state index in [2.05, 4.69) is 20.8 Å². The topological polar surface area (TPSA) is 136 Å². The Morgan fingerprint density at radius 2 is 1.77 bits per heavy atom. The Kier molecular flexibility index (Phi) is 9.10. The van der Waals surface area contributed by atoms with Crippen molar-refractivity contribution in [2.24, 2.45) is 0 Å². The second-order valence-electron chi connectivity index (χ2n) is 9.76. The van der Waals surface area contributed by atoms with Gasteiger partial charge in [0.15, 0.2) is 11.5 Å². The van der Waals surface area contributed by atoms with Crippen molar-refractivity contribution in [1.29, 1.82) is 0 Å². The number of amides is 3. The molecule has 39 heavy (non-hydrogen) atoms. The lowest BCUT2D eigenvalue weighted by Crippen LogP contribution is -2.55. The van der Waals surface area contributed by atoms with Crippen LogP contribution in [0.5, 0.6) is 0 Å². The number of carbonyl (C=O) groups excluding carboxylic acids is 3. The van der Waals surface area contributed by atoms with Crippen molar-refractivity contribution in [3.8, 4) is 0 Å². The first-order valence-corrected chi connectivity index (χ1v) is 12.8. The van der Waals surface area contributed by atoms with E-state index in [0.717, 1.165) is 5.56 Å². The van der Waals surface area contributed by atoms with Crippen LogP contribution in [-0.2, 0) is 37.0 Å². The van der Waals surface area contributed by atoms with Crippen LogP contribution in [0.15, 0.2) is 48.5 Å². The second-order valence-corrected chi connectivity index (χ2v) is 9.76. The number of aromatic nitrogens is 3. The normalized spacial score (nSPS) is 14.6. The Hall–Kier alpha value is -4.03. The average molecular weight is 539 g/mol. The molecule has 12 nitrogen and oxygen atoms in total. The van der Waals surface area contributed by atoms with Gasteiger partial charge in [-0.1, -0.05) is 36.4 Å². The Balaban J connectivity index is 1.57. The molecule has 3 aromatic rings. The molecule has 1 aliphatic rings. The average Bonchev–Trinajstić information content (AvgIpc) is 3.36. The van der Waals surface area contributed by atoms with Gasteiger partial charge in [0.2, 0.25) is 11.8 Å². The number of morpholine rings is 1. The summed E-state index contributed by atoms with van der Waals surface area (Å²) < 4.78 is 18.6. The summed E-state index contributed by atoms with van der Waals surface area (Å²) in [5, 5.41) is 14.2. The number of rotatable bonds is 10. The monoisotopic (exact) mass is 538 g/mol. The summed E-state index contributed by atoms with van der Waals surface area (Å²) in [4.78, 5) is 39.1. The lowest BCUT2D eigenvalue weighted by Gasteiger charge is -2.28. The predicted molar refractivity (Wildman–Crippen MR) is 140 cm³/mol. The number of fused-ring (bicyclic) bond motifs is 1. The number of benzene rings is 1. The maximum atomic E-state index is 13.2. The van der Waals surface area contributed by atoms with Crippen molar-refractivity contribution < 1.29 is 28.6 Å². The summed E-state index contributed by atoms with van der Waals surface area (Å²) >= 11 is 0. The largest absolute Gasteiger partial charge is 0.443 e. The quantitative estimate of drug-likeness (QED) is 0.400. The number of hydrogen-bond donors (Lipinski definition) is 2. The van der Waals surface area contributed by atoms with Crippen LogP contribution in [0.2, 0.25) is 0 Å². The number of ether oxygens (including phenoxy) is 3. The highest BCUT2D eigenvalue weighted by molar-refractivity contribution is 5.90. The van der Waals surface area contributed by atoms with Crippen LogP contribution >= 0.6 is 0 Å². The summed E-state index contributed by atoms with van der Waals surface area (Å²) in [6.07, 6.45) is -0.432. The van der Waals surface area contributed by atoms with Gasteiger partial charge in [-0.15, -0.1) is 10.2 Å². The number of pyridine rings is 1. The zero-order valence-corrected chi connectivity index (χ0v) is 22.4. The molecular formula is C27H34N6O6. The molecule has 1 aromatic carbocycles. The van der Waals surface area contributed by atoms with Crippen LogP contribution in [0, 0.1) is 0 Å². The summed E-state index contributed by atoms with van der Waals surface area (Å²) in [6.45, 7) is 6.85. The molecule has 1 atom stereocenters. The molecule has 3 heterocycles. The SMILES string of the molecule is CC(=O)NC(C)(C)C(=O)N[C@H](COCc1ccccc1)c1nnc2cccc(COC(=O)N3CCOCC3)n12. The van der Waals surface area contributed by atoms with Crippen LogP contribution in [0.4, 0.5) is 4.79 Å². The van der Waals surface area contributed by atoms with Crippen molar-refractivity contribution in [3.05, 3.63) is 65.6 Å². The highest BCUT2D eigenvalue weighted by Crippen LogP contribution is 2.19. The Morgan fingerprint density at radius 3 is 2.49 bits per heavy atom. The van der Waals surface area contributed by atoms with Gasteiger partial charge in [0.1, 0.15) is 18.2 Å². The van der Waals surface area contributed by atoms with Crippen molar-refractivity contribution >= 4 is 23.6 Å². The van der Waals surface area contributed by atoms with Crippen molar-refractivity contribution in [1.82, 2.24) is 30.1 Å². The van der Waals surface area contributed by atoms with Gasteiger partial charge in [0, 0.05) is 20.0 Å². The van der Waals surface area contributed by atoms with Gasteiger partial charge < -0.3 is 29.7 Å². The Morgan fingerprint density at radius 1 is 1.03 bits per heavy atom. The number of hydrogen-bond acceptors (Lipinski definition) is 8. The van der Waals surface area contributed by atoms with E-state index in [-0.39, 0.29) is 19.1 Å². The molecule has 4 rings (SSSR count). The van der Waals surface area contributed by atoms with E-state index in [9.17, 15) is 14.4 Å². The minimum absolute atomic E-state index is 0.0263. The van der Waals surface area contributed by atoms with Gasteiger partial charge >= 0.3 is 6.09 Å². The zero-order valence-electron chi connectivity index (χ0n) is 22.4. The van der Waals surface area contributed by atoms with Gasteiger partial charge in [0.25, 0.3) is 0 Å². The maximum Gasteiger partial charge on any atom is 0.410 e. The highest BCUT2D eigenvalue weighted by Gasteiger charge is 2.32. The van der Waals surface area contributed by atoms with Gasteiger partial charge in [-0.05, 0) is 31.5 Å². The Labute approximate surface area is 226 Å². The molecule has 1 saturated heterocycles. The van der Waals surface area contributed by atoms with E-state index in [4.69, 9.17) is 14.2 Å². The fourth-order valence-corrected chi connectivity index (χ4v) is 4.23. The molecule has 0 aliphatic carbocycles. The molecular weight excluding hydrogens is 504 g/mol. The number of carbonyl (C=O) groups is 3. The minimum Gasteiger partial charge on any atom is -0.443 e. The van der Waals surface area contributed by atoms with Gasteiger partial charge in [0.05, 0.1) is 32.1 Å². The molecule has 0 unspecified atom stereocenters. The molecule has 0 saturated carbocycles. The lowest BCUT2D eigenvalue weighted by molar-refractivity contribution is -0.132.